The highest BCUT2D eigenvalue weighted by molar-refractivity contribution is 7.88. The Bertz CT molecular complexity index is 7330. The molecule has 0 unspecified atom stereocenters. The van der Waals surface area contributed by atoms with Crippen LogP contribution in [-0.2, 0) is 95.9 Å². The Kier molecular flexibility index (Phi) is 36.0. The summed E-state index contributed by atoms with van der Waals surface area (Å²) < 4.78 is 272. The average molecular weight is 2040 g/mol. The molecule has 37 N–H and O–H groups in total. The molecular formula is C65H68ClN13O43S9. The van der Waals surface area contributed by atoms with E-state index in [1.54, 1.807) is 25.1 Å². The molecule has 1 amide bonds. The van der Waals surface area contributed by atoms with E-state index in [2.05, 4.69) is 5.32 Å². The molecule has 0 heterocycles. The maximum atomic E-state index is 11.2. The number of nitrogen functional groups attached to an aromatic ring is 9. The summed E-state index contributed by atoms with van der Waals surface area (Å²) in [6.07, 6.45) is 0. The third kappa shape index (κ3) is 31.4. The van der Waals surface area contributed by atoms with Crippen molar-refractivity contribution < 1.29 is 182 Å². The lowest BCUT2D eigenvalue weighted by molar-refractivity contribution is -0.386. The number of anilines is 10. The van der Waals surface area contributed by atoms with Crippen LogP contribution in [0.1, 0.15) is 12.5 Å². The van der Waals surface area contributed by atoms with Crippen LogP contribution in [0.3, 0.4) is 0 Å². The van der Waals surface area contributed by atoms with Crippen LogP contribution >= 0.6 is 11.6 Å². The van der Waals surface area contributed by atoms with Crippen molar-refractivity contribution in [1.82, 2.24) is 0 Å². The van der Waals surface area contributed by atoms with Crippen LogP contribution < -0.4 is 56.9 Å². The number of non-ortho nitro benzene ring substituents is 2. The number of hydrogen-bond donors (Lipinski definition) is 28. The number of nitro benzene ring substituents is 3. The van der Waals surface area contributed by atoms with E-state index in [1.807, 2.05) is 0 Å². The maximum Gasteiger partial charge on any atom is 0.314 e. The van der Waals surface area contributed by atoms with E-state index in [0.29, 0.717) is 23.1 Å². The van der Waals surface area contributed by atoms with Crippen molar-refractivity contribution in [2.45, 2.75) is 57.9 Å². The number of carbonyl (C=O) groups excluding carboxylic acids is 1. The number of amides is 1. The minimum atomic E-state index is -4.75. The van der Waals surface area contributed by atoms with Crippen molar-refractivity contribution in [3.63, 3.8) is 0 Å². The molecule has 0 atom stereocenters. The molecule has 712 valence electrons. The third-order valence-corrected chi connectivity index (χ3v) is 23.2. The van der Waals surface area contributed by atoms with Crippen LogP contribution in [-0.4, -0.2) is 183 Å². The monoisotopic (exact) mass is 2040 g/mol. The number of hydrogen-bond acceptors (Lipinski definition) is 43. The number of nitrogens with zero attached hydrogens (tertiary/aromatic N) is 3. The lowest BCUT2D eigenvalue weighted by Gasteiger charge is -2.08. The fraction of sp³-hybridized carbons (Fsp3) is 0.0308. The second-order valence-electron chi connectivity index (χ2n) is 24.8. The summed E-state index contributed by atoms with van der Waals surface area (Å²) in [6, 6.07) is 26.9. The zero-order valence-corrected chi connectivity index (χ0v) is 72.9. The average Bonchev–Trinajstić information content (AvgIpc) is 0.774. The van der Waals surface area contributed by atoms with Gasteiger partial charge in [-0.2, -0.15) is 75.8 Å². The molecule has 0 spiro atoms. The van der Waals surface area contributed by atoms with E-state index in [-0.39, 0.29) is 104 Å². The van der Waals surface area contributed by atoms with Gasteiger partial charge in [0.25, 0.3) is 102 Å². The lowest BCUT2D eigenvalue weighted by atomic mass is 10.1. The first-order valence-corrected chi connectivity index (χ1v) is 46.1. The first kappa shape index (κ1) is 111. The fourth-order valence-corrected chi connectivity index (χ4v) is 15.2. The van der Waals surface area contributed by atoms with Crippen molar-refractivity contribution >= 4 is 204 Å². The van der Waals surface area contributed by atoms with Gasteiger partial charge in [-0.25, -0.2) is 0 Å². The SMILES string of the molecule is CC(=O)Nc1cc(N)c(O)c(S(=O)(=O)O)c1.Cc1cc(N)c(O)c(S(=O)(=O)O)c1.Nc1c(O)cc(S(=O)(=O)O)c2cc([N+](=O)[O-])ccc12.Nc1c(O)cc(S(=O)(=O)O)c2ccccc12.Nc1cc(Cl)cc(S(=O)(=O)O)c1O.Nc1cc(S(=O)(=O)O)cc([N+](=O)[O-])c1O.Nc1cc(S(=O)(=O)O)ccc1O.Nc1cc([N+](=O)[O-])cc(S(=O)(=O)O)c1O.Nc1ccc(S(=O)(=O)O)cc1O. The third-order valence-electron chi connectivity index (χ3n) is 15.2. The van der Waals surface area contributed by atoms with Gasteiger partial charge in [0.15, 0.2) is 23.0 Å². The van der Waals surface area contributed by atoms with Crippen molar-refractivity contribution in [1.29, 1.82) is 0 Å². The molecule has 11 rings (SSSR count). The first-order valence-electron chi connectivity index (χ1n) is 32.7. The topological polar surface area (TPSA) is 1060 Å². The van der Waals surface area contributed by atoms with E-state index < -0.39 is 198 Å². The number of benzene rings is 11. The Balaban J connectivity index is 0.000000381. The van der Waals surface area contributed by atoms with Crippen molar-refractivity contribution in [2.75, 3.05) is 56.9 Å². The Hall–Kier alpha value is -14.5. The molecule has 0 bridgehead atoms. The predicted octanol–water partition coefficient (Wildman–Crippen LogP) is 4.94. The molecule has 0 aliphatic heterocycles. The van der Waals surface area contributed by atoms with E-state index in [0.717, 1.165) is 84.9 Å². The number of fused-ring (bicyclic) bond motifs is 2. The van der Waals surface area contributed by atoms with Crippen molar-refractivity contribution in [2.24, 2.45) is 0 Å². The molecule has 0 fully saturated rings. The van der Waals surface area contributed by atoms with Gasteiger partial charge in [-0.3, -0.25) is 76.1 Å². The van der Waals surface area contributed by atoms with Crippen LogP contribution in [0.2, 0.25) is 5.02 Å². The molecule has 11 aromatic carbocycles. The van der Waals surface area contributed by atoms with Gasteiger partial charge in [0.2, 0.25) is 11.7 Å². The minimum absolute atomic E-state index is 0.0166. The Morgan fingerprint density at radius 2 is 0.679 bits per heavy atom. The molecule has 0 aromatic heterocycles. The number of aromatic hydroxyl groups is 9. The van der Waals surface area contributed by atoms with Gasteiger partial charge in [0.1, 0.15) is 57.3 Å². The van der Waals surface area contributed by atoms with Gasteiger partial charge in [-0.05, 0) is 91.3 Å². The predicted molar refractivity (Wildman–Crippen MR) is 460 cm³/mol. The molecule has 66 heteroatoms. The van der Waals surface area contributed by atoms with Crippen LogP contribution in [0.25, 0.3) is 21.5 Å². The van der Waals surface area contributed by atoms with Crippen molar-refractivity contribution in [3.8, 4) is 51.7 Å². The summed E-state index contributed by atoms with van der Waals surface area (Å²) >= 11 is 5.46. The number of nitro groups is 3. The number of halogens is 1. The molecule has 0 saturated heterocycles. The van der Waals surface area contributed by atoms with Gasteiger partial charge >= 0.3 is 5.69 Å². The molecule has 56 nitrogen and oxygen atoms in total. The summed E-state index contributed by atoms with van der Waals surface area (Å²) in [5.41, 5.74) is 44.7. The quantitative estimate of drug-likeness (QED) is 0.0181. The summed E-state index contributed by atoms with van der Waals surface area (Å²) in [5, 5.41) is 117. The largest absolute Gasteiger partial charge is 0.506 e. The summed E-state index contributed by atoms with van der Waals surface area (Å²) in [6.45, 7) is 2.82. The van der Waals surface area contributed by atoms with Crippen LogP contribution in [0.5, 0.6) is 51.7 Å². The fourth-order valence-electron chi connectivity index (χ4n) is 9.34. The molecule has 131 heavy (non-hydrogen) atoms. The standard InChI is InChI=1S/C10H8N2O6S.C10H9NO4S.C8H10N2O5S.C7H9NO4S.C6H6ClNO4S.2C6H6N2O6S.2C6H7NO4S/c11-10-6-2-1-5(12(14)15)3-7(6)9(4-8(10)13)19(16,17)18;11-10-7-4-2-1-3-6(7)9(5-8(10)12)16(13,14)15;1-4(11)10-5-2-6(9)8(12)7(3-5)16(13,14)15;1-4-2-5(8)7(9)6(3-4)13(10,11)12;7-3-1-4(8)6(9)5(2-3)13(10,11)12;7-4-1-3(15(12,13)14)2-5(6(4)9)8(10)11;7-4-1-3(8(10)11)2-5(6(4)9)15(12,13)14;7-5-3-4(12(9,10)11)1-2-6(5)8;7-5-2-1-4(3-6(5)8)12(9,10)11/h1-4,13H,11H2,(H,16,17,18);1-5,12H,11H2,(H,13,14,15);2-3,12H,9H2,1H3,(H,10,11)(H,13,14,15);2-3,9H,8H2,1H3,(H,10,11,12);1-2,9H,8H2,(H,10,11,12);2*1-2,9H,7H2,(H,12,13,14);2*1-3,8H,7H2,(H,9,10,11). The normalized spacial score (nSPS) is 11.5. The number of nitrogens with one attached hydrogen (secondary N) is 1. The van der Waals surface area contributed by atoms with Crippen LogP contribution in [0, 0.1) is 37.3 Å². The smallest absolute Gasteiger partial charge is 0.314 e. The molecule has 0 saturated carbocycles. The number of rotatable bonds is 13. The minimum Gasteiger partial charge on any atom is -0.506 e. The van der Waals surface area contributed by atoms with Crippen LogP contribution in [0.4, 0.5) is 73.9 Å². The van der Waals surface area contributed by atoms with Crippen LogP contribution in [0.15, 0.2) is 196 Å². The summed E-state index contributed by atoms with van der Waals surface area (Å²) in [5.74, 6) is -5.76. The second kappa shape index (κ2) is 42.6. The van der Waals surface area contributed by atoms with E-state index >= 15 is 0 Å². The number of phenols is 9. The van der Waals surface area contributed by atoms with Gasteiger partial charge < -0.3 is 103 Å². The maximum absolute atomic E-state index is 11.2. The van der Waals surface area contributed by atoms with Crippen molar-refractivity contribution in [3.05, 3.63) is 193 Å². The molecular weight excluding hydrogens is 1970 g/mol. The molecule has 0 radical (unpaired) electrons. The number of phenolic OH excluding ortho intramolecular Hbond substituents is 9. The van der Waals surface area contributed by atoms with Gasteiger partial charge in [-0.15, -0.1) is 0 Å². The van der Waals surface area contributed by atoms with Gasteiger partial charge in [0.05, 0.1) is 75.7 Å². The van der Waals surface area contributed by atoms with Gasteiger partial charge in [0, 0.05) is 87.7 Å². The zero-order chi connectivity index (χ0) is 102. The van der Waals surface area contributed by atoms with E-state index in [4.69, 9.17) is 130 Å². The summed E-state index contributed by atoms with van der Waals surface area (Å²) in [4.78, 5) is 34.0. The number of carbonyl (C=O) groups is 1. The highest BCUT2D eigenvalue weighted by Gasteiger charge is 2.28. The Morgan fingerprint density at radius 1 is 0.313 bits per heavy atom. The van der Waals surface area contributed by atoms with E-state index in [1.165, 1.54) is 43.3 Å². The number of nitrogens with two attached hydrogens (primary N) is 9. The molecule has 0 aliphatic rings. The Morgan fingerprint density at radius 3 is 1.09 bits per heavy atom. The molecule has 11 aromatic rings. The lowest BCUT2D eigenvalue weighted by Crippen LogP contribution is -2.08. The zero-order valence-electron chi connectivity index (χ0n) is 64.8. The first-order chi connectivity index (χ1) is 59.3. The van der Waals surface area contributed by atoms with E-state index in [9.17, 15) is 131 Å². The highest BCUT2D eigenvalue weighted by Crippen LogP contribution is 2.41. The molecule has 0 aliphatic carbocycles. The number of aryl methyl sites for hydroxylation is 1. The van der Waals surface area contributed by atoms with Gasteiger partial charge in [-0.1, -0.05) is 35.9 Å². The summed E-state index contributed by atoms with van der Waals surface area (Å²) in [7, 11) is -40.4. The highest BCUT2D eigenvalue weighted by atomic mass is 35.5. The Labute approximate surface area is 740 Å². The second-order valence-corrected chi connectivity index (χ2v) is 37.8.